The second-order valence-electron chi connectivity index (χ2n) is 5.49. The van der Waals surface area contributed by atoms with E-state index in [1.54, 1.807) is 11.3 Å². The van der Waals surface area contributed by atoms with Crippen LogP contribution in [0.25, 0.3) is 10.2 Å². The first-order valence-electron chi connectivity index (χ1n) is 6.44. The van der Waals surface area contributed by atoms with Crippen molar-refractivity contribution in [3.8, 4) is 0 Å². The van der Waals surface area contributed by atoms with Crippen LogP contribution in [-0.4, -0.2) is 16.5 Å². The van der Waals surface area contributed by atoms with Gasteiger partial charge in [-0.25, -0.2) is 10.8 Å². The number of hydrazine groups is 1. The van der Waals surface area contributed by atoms with E-state index in [1.165, 1.54) is 4.88 Å². The largest absolute Gasteiger partial charge is 0.369 e. The van der Waals surface area contributed by atoms with Gasteiger partial charge in [-0.1, -0.05) is 20.8 Å². The number of thiophene rings is 1. The van der Waals surface area contributed by atoms with Crippen molar-refractivity contribution in [3.63, 3.8) is 0 Å². The van der Waals surface area contributed by atoms with Crippen molar-refractivity contribution in [1.29, 1.82) is 0 Å². The van der Waals surface area contributed by atoms with Crippen molar-refractivity contribution in [2.75, 3.05) is 17.3 Å². The summed E-state index contributed by atoms with van der Waals surface area (Å²) in [7, 11) is 0. The molecular formula is C13H21N5S. The number of hydrogen-bond acceptors (Lipinski definition) is 6. The molecule has 0 atom stereocenters. The maximum Gasteiger partial charge on any atom is 0.240 e. The average Bonchev–Trinajstić information content (AvgIpc) is 2.76. The Kier molecular flexibility index (Phi) is 3.91. The highest BCUT2D eigenvalue weighted by Gasteiger charge is 2.17. The van der Waals surface area contributed by atoms with Gasteiger partial charge < -0.3 is 5.32 Å². The lowest BCUT2D eigenvalue weighted by Gasteiger charge is -2.23. The molecule has 5 nitrogen and oxygen atoms in total. The molecule has 0 saturated heterocycles. The first-order valence-corrected chi connectivity index (χ1v) is 7.25. The number of nitrogens with one attached hydrogen (secondary N) is 2. The molecule has 6 heteroatoms. The summed E-state index contributed by atoms with van der Waals surface area (Å²) < 4.78 is 0. The molecule has 0 bridgehead atoms. The summed E-state index contributed by atoms with van der Waals surface area (Å²) in [4.78, 5) is 11.0. The van der Waals surface area contributed by atoms with Crippen molar-refractivity contribution in [1.82, 2.24) is 9.97 Å². The van der Waals surface area contributed by atoms with E-state index >= 15 is 0 Å². The van der Waals surface area contributed by atoms with Crippen LogP contribution in [0, 0.1) is 12.3 Å². The number of aromatic nitrogens is 2. The molecule has 0 amide bonds. The molecule has 0 aromatic carbocycles. The molecule has 0 saturated carbocycles. The quantitative estimate of drug-likeness (QED) is 0.579. The molecule has 0 spiro atoms. The minimum Gasteiger partial charge on any atom is -0.369 e. The zero-order valence-corrected chi connectivity index (χ0v) is 12.7. The highest BCUT2D eigenvalue weighted by molar-refractivity contribution is 7.18. The monoisotopic (exact) mass is 279 g/mol. The fourth-order valence-electron chi connectivity index (χ4n) is 1.69. The highest BCUT2D eigenvalue weighted by atomic mass is 32.1. The van der Waals surface area contributed by atoms with Gasteiger partial charge in [0.1, 0.15) is 10.6 Å². The number of nitrogen functional groups attached to an aromatic ring is 1. The van der Waals surface area contributed by atoms with Gasteiger partial charge in [-0.15, -0.1) is 11.3 Å². The van der Waals surface area contributed by atoms with Gasteiger partial charge in [-0.3, -0.25) is 5.43 Å². The Balaban J connectivity index is 2.35. The van der Waals surface area contributed by atoms with Crippen LogP contribution in [-0.2, 0) is 0 Å². The Hall–Kier alpha value is -1.40. The fraction of sp³-hybridized carbons (Fsp3) is 0.538. The van der Waals surface area contributed by atoms with Crippen molar-refractivity contribution < 1.29 is 0 Å². The molecule has 2 rings (SSSR count). The molecular weight excluding hydrogens is 258 g/mol. The maximum absolute atomic E-state index is 5.43. The van der Waals surface area contributed by atoms with Crippen LogP contribution in [0.5, 0.6) is 0 Å². The van der Waals surface area contributed by atoms with E-state index in [2.05, 4.69) is 54.5 Å². The average molecular weight is 279 g/mol. The molecule has 0 radical (unpaired) electrons. The molecule has 0 aliphatic heterocycles. The van der Waals surface area contributed by atoms with Crippen molar-refractivity contribution >= 4 is 33.3 Å². The topological polar surface area (TPSA) is 75.9 Å². The molecule has 2 aromatic rings. The van der Waals surface area contributed by atoms with E-state index in [-0.39, 0.29) is 5.41 Å². The lowest BCUT2D eigenvalue weighted by atomic mass is 9.90. The summed E-state index contributed by atoms with van der Waals surface area (Å²) in [6.45, 7) is 9.60. The van der Waals surface area contributed by atoms with Crippen molar-refractivity contribution in [3.05, 3.63) is 10.9 Å². The zero-order valence-electron chi connectivity index (χ0n) is 11.9. The molecule has 0 fully saturated rings. The summed E-state index contributed by atoms with van der Waals surface area (Å²) in [5.41, 5.74) is 2.76. The van der Waals surface area contributed by atoms with Crippen LogP contribution in [0.1, 0.15) is 32.1 Å². The van der Waals surface area contributed by atoms with E-state index < -0.39 is 0 Å². The van der Waals surface area contributed by atoms with Gasteiger partial charge in [0.05, 0.1) is 5.39 Å². The highest BCUT2D eigenvalue weighted by Crippen LogP contribution is 2.30. The number of aryl methyl sites for hydroxylation is 1. The van der Waals surface area contributed by atoms with Crippen LogP contribution in [0.3, 0.4) is 0 Å². The second kappa shape index (κ2) is 5.30. The summed E-state index contributed by atoms with van der Waals surface area (Å²) >= 11 is 1.65. The lowest BCUT2D eigenvalue weighted by Crippen LogP contribution is -2.23. The number of nitrogens with two attached hydrogens (primary N) is 1. The normalized spacial score (nSPS) is 11.8. The Morgan fingerprint density at radius 1 is 1.37 bits per heavy atom. The van der Waals surface area contributed by atoms with Crippen molar-refractivity contribution in [2.24, 2.45) is 11.3 Å². The van der Waals surface area contributed by atoms with Gasteiger partial charge in [0.15, 0.2) is 0 Å². The molecule has 19 heavy (non-hydrogen) atoms. The Morgan fingerprint density at radius 3 is 2.74 bits per heavy atom. The Morgan fingerprint density at radius 2 is 2.11 bits per heavy atom. The standard InChI is InChI=1S/C13H21N5S/c1-5-13(3,4)7-15-10-9-6-8(2)19-11(9)17-12(16-10)18-14/h6H,5,7,14H2,1-4H3,(H2,15,16,17,18). The molecule has 2 heterocycles. The summed E-state index contributed by atoms with van der Waals surface area (Å²) in [6, 6.07) is 2.11. The van der Waals surface area contributed by atoms with E-state index in [4.69, 9.17) is 5.84 Å². The lowest BCUT2D eigenvalue weighted by molar-refractivity contribution is 0.376. The minimum absolute atomic E-state index is 0.235. The van der Waals surface area contributed by atoms with Gasteiger partial charge in [0.2, 0.25) is 5.95 Å². The summed E-state index contributed by atoms with van der Waals surface area (Å²) in [6.07, 6.45) is 1.11. The van der Waals surface area contributed by atoms with E-state index in [9.17, 15) is 0 Å². The smallest absolute Gasteiger partial charge is 0.240 e. The third-order valence-electron chi connectivity index (χ3n) is 3.34. The van der Waals surface area contributed by atoms with Gasteiger partial charge in [0, 0.05) is 11.4 Å². The van der Waals surface area contributed by atoms with E-state index in [0.29, 0.717) is 5.95 Å². The maximum atomic E-state index is 5.43. The third-order valence-corrected chi connectivity index (χ3v) is 4.28. The molecule has 0 aliphatic carbocycles. The molecule has 4 N–H and O–H groups in total. The number of nitrogens with zero attached hydrogens (tertiary/aromatic N) is 2. The second-order valence-corrected chi connectivity index (χ2v) is 6.72. The van der Waals surface area contributed by atoms with Crippen LogP contribution >= 0.6 is 11.3 Å². The van der Waals surface area contributed by atoms with Crippen LogP contribution in [0.15, 0.2) is 6.07 Å². The first kappa shape index (κ1) is 14.0. The molecule has 2 aromatic heterocycles. The number of fused-ring (bicyclic) bond motifs is 1. The molecule has 104 valence electrons. The number of hydrogen-bond donors (Lipinski definition) is 3. The Labute approximate surface area is 117 Å². The predicted molar refractivity (Wildman–Crippen MR) is 82.5 cm³/mol. The zero-order chi connectivity index (χ0) is 14.0. The van der Waals surface area contributed by atoms with Crippen molar-refractivity contribution in [2.45, 2.75) is 34.1 Å². The Bertz CT molecular complexity index is 576. The van der Waals surface area contributed by atoms with Gasteiger partial charge in [0.25, 0.3) is 0 Å². The van der Waals surface area contributed by atoms with Gasteiger partial charge >= 0.3 is 0 Å². The summed E-state index contributed by atoms with van der Waals surface area (Å²) in [5, 5.41) is 4.49. The minimum atomic E-state index is 0.235. The van der Waals surface area contributed by atoms with Crippen LogP contribution in [0.4, 0.5) is 11.8 Å². The van der Waals surface area contributed by atoms with Crippen LogP contribution < -0.4 is 16.6 Å². The predicted octanol–water partition coefficient (Wildman–Crippen LogP) is 3.13. The SMILES string of the molecule is CCC(C)(C)CNc1nc(NN)nc2sc(C)cc12. The number of anilines is 2. The first-order chi connectivity index (χ1) is 8.95. The van der Waals surface area contributed by atoms with Crippen LogP contribution in [0.2, 0.25) is 0 Å². The molecule has 0 unspecified atom stereocenters. The number of rotatable bonds is 5. The summed E-state index contributed by atoms with van der Waals surface area (Å²) in [5.74, 6) is 6.73. The fourth-order valence-corrected chi connectivity index (χ4v) is 2.57. The van der Waals surface area contributed by atoms with E-state index in [0.717, 1.165) is 29.0 Å². The van der Waals surface area contributed by atoms with Gasteiger partial charge in [-0.05, 0) is 24.8 Å². The third kappa shape index (κ3) is 3.13. The van der Waals surface area contributed by atoms with E-state index in [1.807, 2.05) is 0 Å². The van der Waals surface area contributed by atoms with Gasteiger partial charge in [-0.2, -0.15) is 4.98 Å². The molecule has 0 aliphatic rings.